The van der Waals surface area contributed by atoms with Gasteiger partial charge in [0.25, 0.3) is 0 Å². The molecular weight excluding hydrogens is 822 g/mol. The fourth-order valence-corrected chi connectivity index (χ4v) is 23.8. The minimum Gasteiger partial charge on any atom is -0.371 e. The SMILES string of the molecule is C=CC1CC2C3C(C1/C=C\C)N(c1ccc(C(C)(C)C)cc1)C1C4CCCCC4C4OC5CC(C(C)(C)C)CCC5N5C6C7CCCCC7CC(C6P3C1C45)N2c1ccc(C(C)(C)C)cc1. The van der Waals surface area contributed by atoms with Crippen LogP contribution in [0.1, 0.15) is 164 Å². The monoisotopic (exact) mass is 910 g/mol. The van der Waals surface area contributed by atoms with Crippen molar-refractivity contribution in [2.24, 2.45) is 46.8 Å². The molecule has 0 N–H and O–H groups in total. The maximum Gasteiger partial charge on any atom is 0.0773 e. The molecule has 4 nitrogen and oxygen atoms in total. The standard InChI is InChI=1S/C61H88N3OP/c1-12-18-43-36(13-2)33-48-56-51(43)63(42-30-25-39(26-31-42)60(6,7)8)53-45-21-16-17-22-46(45)55-54-58(53)66(56)57-49(62(48)41-28-23-38(24-29-41)59(3,4)5)34-37-19-14-15-20-44(37)52(57)64(54)47-32-27-40(61(9,10)11)35-50(47)65-55/h12-13,18,23-26,28-31,36-37,40,43-58H,2,14-17,19-22,27,32-35H2,1,3-11H3/b18-12-. The van der Waals surface area contributed by atoms with Crippen LogP contribution in [-0.4, -0.2) is 76.4 Å². The summed E-state index contributed by atoms with van der Waals surface area (Å²) in [7, 11) is -0.344. The molecule has 20 unspecified atom stereocenters. The summed E-state index contributed by atoms with van der Waals surface area (Å²) in [6.07, 6.45) is 26.3. The number of rotatable bonds is 4. The van der Waals surface area contributed by atoms with Gasteiger partial charge in [0.15, 0.2) is 0 Å². The Labute approximate surface area is 403 Å². The lowest BCUT2D eigenvalue weighted by Crippen LogP contribution is -2.87. The largest absolute Gasteiger partial charge is 0.371 e. The summed E-state index contributed by atoms with van der Waals surface area (Å²) in [5.41, 5.74) is 8.64. The van der Waals surface area contributed by atoms with Gasteiger partial charge in [-0.05, 0) is 145 Å². The number of morpholine rings is 1. The van der Waals surface area contributed by atoms with E-state index in [1.807, 2.05) is 0 Å². The van der Waals surface area contributed by atoms with Gasteiger partial charge in [-0.1, -0.05) is 145 Å². The first-order chi connectivity index (χ1) is 31.6. The topological polar surface area (TPSA) is 19.0 Å². The lowest BCUT2D eigenvalue weighted by atomic mass is 9.58. The first-order valence-electron chi connectivity index (χ1n) is 27.8. The number of allylic oxidation sites excluding steroid dienone is 2. The molecule has 0 aromatic heterocycles. The number of benzene rings is 2. The predicted molar refractivity (Wildman–Crippen MR) is 279 cm³/mol. The minimum absolute atomic E-state index is 0.124. The smallest absolute Gasteiger partial charge is 0.0773 e. The van der Waals surface area contributed by atoms with Crippen LogP contribution in [0.3, 0.4) is 0 Å². The summed E-state index contributed by atoms with van der Waals surface area (Å²) in [6, 6.07) is 24.5. The molecule has 0 amide bonds. The minimum atomic E-state index is -0.344. The Morgan fingerprint density at radius 3 is 1.80 bits per heavy atom. The van der Waals surface area contributed by atoms with Gasteiger partial charge in [0.2, 0.25) is 0 Å². The van der Waals surface area contributed by atoms with Crippen LogP contribution in [0.2, 0.25) is 0 Å². The van der Waals surface area contributed by atoms with Gasteiger partial charge < -0.3 is 14.5 Å². The molecule has 10 aliphatic rings. The van der Waals surface area contributed by atoms with E-state index in [1.165, 1.54) is 106 Å². The van der Waals surface area contributed by atoms with E-state index in [1.54, 1.807) is 0 Å². The molecule has 6 aliphatic carbocycles. The summed E-state index contributed by atoms with van der Waals surface area (Å²) < 4.78 is 8.11. The second-order valence-electron chi connectivity index (χ2n) is 27.2. The second-order valence-corrected chi connectivity index (χ2v) is 29.9. The Morgan fingerprint density at radius 2 is 1.18 bits per heavy atom. The first kappa shape index (κ1) is 45.0. The third-order valence-electron chi connectivity index (χ3n) is 21.2. The highest BCUT2D eigenvalue weighted by molar-refractivity contribution is 7.60. The predicted octanol–water partition coefficient (Wildman–Crippen LogP) is 14.1. The van der Waals surface area contributed by atoms with Crippen LogP contribution in [-0.2, 0) is 15.6 Å². The molecule has 12 rings (SSSR count). The van der Waals surface area contributed by atoms with Crippen molar-refractivity contribution in [2.45, 2.75) is 235 Å². The molecule has 10 fully saturated rings. The number of nitrogens with zero attached hydrogens (tertiary/aromatic N) is 3. The Hall–Kier alpha value is -2.13. The fourth-order valence-electron chi connectivity index (χ4n) is 18.4. The van der Waals surface area contributed by atoms with Gasteiger partial charge >= 0.3 is 0 Å². The summed E-state index contributed by atoms with van der Waals surface area (Å²) in [4.78, 5) is 9.95. The maximum atomic E-state index is 8.11. The number of ether oxygens (including phenoxy) is 1. The lowest BCUT2D eigenvalue weighted by Gasteiger charge is -2.79. The van der Waals surface area contributed by atoms with Crippen LogP contribution in [0.15, 0.2) is 73.3 Å². The molecule has 0 radical (unpaired) electrons. The summed E-state index contributed by atoms with van der Waals surface area (Å²) >= 11 is 0. The van der Waals surface area contributed by atoms with Crippen LogP contribution in [0, 0.1) is 46.8 Å². The van der Waals surface area contributed by atoms with Crippen LogP contribution < -0.4 is 9.80 Å². The summed E-state index contributed by atoms with van der Waals surface area (Å²) in [6.45, 7) is 29.0. The molecule has 6 saturated carbocycles. The van der Waals surface area contributed by atoms with E-state index in [4.69, 9.17) is 11.3 Å². The molecule has 358 valence electrons. The molecule has 5 heteroatoms. The fraction of sp³-hybridized carbons (Fsp3) is 0.738. The van der Waals surface area contributed by atoms with Crippen molar-refractivity contribution >= 4 is 19.3 Å². The Bertz CT molecular complexity index is 2140. The maximum absolute atomic E-state index is 8.11. The van der Waals surface area contributed by atoms with E-state index in [0.29, 0.717) is 94.9 Å². The number of hydrogen-bond donors (Lipinski definition) is 0. The van der Waals surface area contributed by atoms with Gasteiger partial charge in [0.1, 0.15) is 0 Å². The molecule has 4 heterocycles. The molecular formula is C61H88N3OP. The molecule has 66 heavy (non-hydrogen) atoms. The normalized spacial score (nSPS) is 45.1. The summed E-state index contributed by atoms with van der Waals surface area (Å²) in [5.74, 6) is 4.67. The zero-order valence-corrected chi connectivity index (χ0v) is 43.8. The highest BCUT2D eigenvalue weighted by Crippen LogP contribution is 2.77. The number of fused-ring (bicyclic) bond motifs is 8. The molecule has 0 spiro atoms. The van der Waals surface area contributed by atoms with Crippen molar-refractivity contribution in [3.8, 4) is 0 Å². The van der Waals surface area contributed by atoms with E-state index in [-0.39, 0.29) is 18.8 Å². The van der Waals surface area contributed by atoms with Crippen molar-refractivity contribution in [2.75, 3.05) is 9.80 Å². The van der Waals surface area contributed by atoms with Gasteiger partial charge in [-0.15, -0.1) is 6.58 Å². The van der Waals surface area contributed by atoms with Crippen molar-refractivity contribution in [1.29, 1.82) is 0 Å². The Morgan fingerprint density at radius 1 is 0.591 bits per heavy atom. The second kappa shape index (κ2) is 16.2. The van der Waals surface area contributed by atoms with Crippen molar-refractivity contribution in [3.63, 3.8) is 0 Å². The van der Waals surface area contributed by atoms with Gasteiger partial charge in [-0.2, -0.15) is 0 Å². The van der Waals surface area contributed by atoms with E-state index in [9.17, 15) is 0 Å². The third kappa shape index (κ3) is 6.78. The van der Waals surface area contributed by atoms with Crippen LogP contribution >= 0.6 is 7.92 Å². The van der Waals surface area contributed by atoms with Crippen molar-refractivity contribution in [3.05, 3.63) is 84.5 Å². The molecule has 4 saturated heterocycles. The number of hydrogen-bond acceptors (Lipinski definition) is 4. The van der Waals surface area contributed by atoms with Gasteiger partial charge in [-0.25, -0.2) is 0 Å². The Kier molecular flexibility index (Phi) is 11.1. The zero-order chi connectivity index (χ0) is 45.8. The quantitative estimate of drug-likeness (QED) is 0.225. The molecule has 2 aromatic carbocycles. The Balaban J connectivity index is 1.11. The van der Waals surface area contributed by atoms with Gasteiger partial charge in [0.05, 0.1) is 12.2 Å². The summed E-state index contributed by atoms with van der Waals surface area (Å²) in [5, 5.41) is 0. The van der Waals surface area contributed by atoms with Gasteiger partial charge in [-0.3, -0.25) is 4.90 Å². The zero-order valence-electron chi connectivity index (χ0n) is 42.9. The van der Waals surface area contributed by atoms with E-state index in [2.05, 4.69) is 151 Å². The number of anilines is 2. The molecule has 0 bridgehead atoms. The van der Waals surface area contributed by atoms with Crippen LogP contribution in [0.5, 0.6) is 0 Å². The van der Waals surface area contributed by atoms with Crippen molar-refractivity contribution in [1.82, 2.24) is 4.90 Å². The lowest BCUT2D eigenvalue weighted by molar-refractivity contribution is -0.237. The first-order valence-corrected chi connectivity index (χ1v) is 29.4. The molecule has 4 aliphatic heterocycles. The van der Waals surface area contributed by atoms with E-state index < -0.39 is 0 Å². The average molecular weight is 910 g/mol. The average Bonchev–Trinajstić information content (AvgIpc) is 3.30. The molecule has 20 atom stereocenters. The third-order valence-corrected chi connectivity index (χ3v) is 25.1. The van der Waals surface area contributed by atoms with Gasteiger partial charge in [0, 0.05) is 76.6 Å². The highest BCUT2D eigenvalue weighted by atomic mass is 31.1. The van der Waals surface area contributed by atoms with E-state index in [0.717, 1.165) is 23.4 Å². The van der Waals surface area contributed by atoms with E-state index >= 15 is 0 Å². The van der Waals surface area contributed by atoms with Crippen molar-refractivity contribution < 1.29 is 4.74 Å². The molecule has 2 aromatic rings. The van der Waals surface area contributed by atoms with Crippen LogP contribution in [0.25, 0.3) is 0 Å². The highest BCUT2D eigenvalue weighted by Gasteiger charge is 2.75. The van der Waals surface area contributed by atoms with Crippen LogP contribution in [0.4, 0.5) is 11.4 Å².